The number of likely N-dealkylation sites (N-methyl/N-ethyl adjacent to an activating group) is 1. The molecule has 0 aliphatic carbocycles. The Bertz CT molecular complexity index is 903. The van der Waals surface area contributed by atoms with Crippen LogP contribution in [0.4, 0.5) is 0 Å². The smallest absolute Gasteiger partial charge is 0.240 e. The molecule has 2 rings (SSSR count). The summed E-state index contributed by atoms with van der Waals surface area (Å²) in [7, 11) is -2.11. The van der Waals surface area contributed by atoms with E-state index in [2.05, 4.69) is 9.62 Å². The van der Waals surface area contributed by atoms with Gasteiger partial charge in [0.1, 0.15) is 5.75 Å². The SMILES string of the molecule is CCN(CC)C(CNS(=O)(=O)c1cccc(C#N)c1)c1cccc(OC)c1. The van der Waals surface area contributed by atoms with Crippen molar-refractivity contribution in [3.8, 4) is 11.8 Å². The fourth-order valence-electron chi connectivity index (χ4n) is 2.98. The van der Waals surface area contributed by atoms with Gasteiger partial charge in [-0.05, 0) is 49.0 Å². The first-order valence-electron chi connectivity index (χ1n) is 8.83. The van der Waals surface area contributed by atoms with E-state index in [1.54, 1.807) is 19.2 Å². The van der Waals surface area contributed by atoms with Crippen LogP contribution in [0, 0.1) is 11.3 Å². The van der Waals surface area contributed by atoms with Crippen LogP contribution in [0.15, 0.2) is 53.4 Å². The second-order valence-corrected chi connectivity index (χ2v) is 7.77. The number of nitrogens with zero attached hydrogens (tertiary/aromatic N) is 2. The fourth-order valence-corrected chi connectivity index (χ4v) is 4.06. The number of methoxy groups -OCH3 is 1. The van der Waals surface area contributed by atoms with E-state index in [9.17, 15) is 8.42 Å². The lowest BCUT2D eigenvalue weighted by atomic mass is 10.0. The van der Waals surface area contributed by atoms with Gasteiger partial charge in [-0.15, -0.1) is 0 Å². The lowest BCUT2D eigenvalue weighted by Gasteiger charge is -2.30. The molecule has 0 saturated heterocycles. The predicted octanol–water partition coefficient (Wildman–Crippen LogP) is 2.93. The van der Waals surface area contributed by atoms with Gasteiger partial charge in [-0.25, -0.2) is 13.1 Å². The van der Waals surface area contributed by atoms with E-state index >= 15 is 0 Å². The van der Waals surface area contributed by atoms with Gasteiger partial charge >= 0.3 is 0 Å². The summed E-state index contributed by atoms with van der Waals surface area (Å²) in [4.78, 5) is 2.27. The van der Waals surface area contributed by atoms with Crippen molar-refractivity contribution in [2.24, 2.45) is 0 Å². The van der Waals surface area contributed by atoms with Crippen LogP contribution in [-0.2, 0) is 10.0 Å². The van der Waals surface area contributed by atoms with Gasteiger partial charge in [0.05, 0.1) is 23.6 Å². The molecule has 2 aromatic carbocycles. The van der Waals surface area contributed by atoms with Crippen molar-refractivity contribution in [2.75, 3.05) is 26.7 Å². The number of nitrogens with one attached hydrogen (secondary N) is 1. The highest BCUT2D eigenvalue weighted by Gasteiger charge is 2.22. The molecule has 0 aliphatic rings. The summed E-state index contributed by atoms with van der Waals surface area (Å²) in [6, 6.07) is 15.5. The van der Waals surface area contributed by atoms with Gasteiger partial charge in [0.25, 0.3) is 0 Å². The molecule has 1 unspecified atom stereocenters. The molecule has 6 nitrogen and oxygen atoms in total. The molecule has 0 aliphatic heterocycles. The van der Waals surface area contributed by atoms with Gasteiger partial charge < -0.3 is 4.74 Å². The van der Waals surface area contributed by atoms with Gasteiger partial charge in [0.2, 0.25) is 10.0 Å². The maximum Gasteiger partial charge on any atom is 0.240 e. The highest BCUT2D eigenvalue weighted by Crippen LogP contribution is 2.24. The van der Waals surface area contributed by atoms with Crippen molar-refractivity contribution in [1.82, 2.24) is 9.62 Å². The molecule has 1 atom stereocenters. The standard InChI is InChI=1S/C20H25N3O3S/c1-4-23(5-2)20(17-9-7-10-18(13-17)26-3)15-22-27(24,25)19-11-6-8-16(12-19)14-21/h6-13,20,22H,4-5,15H2,1-3H3. The minimum atomic E-state index is -3.72. The number of hydrogen-bond donors (Lipinski definition) is 1. The predicted molar refractivity (Wildman–Crippen MR) is 105 cm³/mol. The second-order valence-electron chi connectivity index (χ2n) is 6.01. The van der Waals surface area contributed by atoms with Crippen molar-refractivity contribution in [3.63, 3.8) is 0 Å². The monoisotopic (exact) mass is 387 g/mol. The highest BCUT2D eigenvalue weighted by atomic mass is 32.2. The number of sulfonamides is 1. The molecule has 2 aromatic rings. The van der Waals surface area contributed by atoms with E-state index in [1.165, 1.54) is 12.1 Å². The Morgan fingerprint density at radius 1 is 1.15 bits per heavy atom. The van der Waals surface area contributed by atoms with Crippen LogP contribution in [0.5, 0.6) is 5.75 Å². The van der Waals surface area contributed by atoms with Crippen molar-refractivity contribution >= 4 is 10.0 Å². The molecular weight excluding hydrogens is 362 g/mol. The molecule has 0 aromatic heterocycles. The molecule has 7 heteroatoms. The number of benzene rings is 2. The average Bonchev–Trinajstić information content (AvgIpc) is 2.71. The normalized spacial score (nSPS) is 12.6. The molecule has 0 saturated carbocycles. The molecule has 0 bridgehead atoms. The molecule has 0 spiro atoms. The lowest BCUT2D eigenvalue weighted by Crippen LogP contribution is -2.38. The summed E-state index contributed by atoms with van der Waals surface area (Å²) in [6.45, 7) is 5.87. The first-order chi connectivity index (χ1) is 12.9. The van der Waals surface area contributed by atoms with Crippen LogP contribution in [0.2, 0.25) is 0 Å². The minimum Gasteiger partial charge on any atom is -0.497 e. The molecule has 1 N–H and O–H groups in total. The number of ether oxygens (including phenoxy) is 1. The molecule has 27 heavy (non-hydrogen) atoms. The Morgan fingerprint density at radius 3 is 2.48 bits per heavy atom. The Balaban J connectivity index is 2.28. The van der Waals surface area contributed by atoms with E-state index < -0.39 is 10.0 Å². The lowest BCUT2D eigenvalue weighted by molar-refractivity contribution is 0.219. The Kier molecular flexibility index (Phi) is 7.36. The molecule has 0 heterocycles. The van der Waals surface area contributed by atoms with Crippen LogP contribution in [0.1, 0.15) is 31.0 Å². The van der Waals surface area contributed by atoms with Gasteiger partial charge in [-0.2, -0.15) is 5.26 Å². The highest BCUT2D eigenvalue weighted by molar-refractivity contribution is 7.89. The van der Waals surface area contributed by atoms with Gasteiger partial charge in [0, 0.05) is 12.6 Å². The van der Waals surface area contributed by atoms with Gasteiger partial charge in [-0.3, -0.25) is 4.90 Å². The fraction of sp³-hybridized carbons (Fsp3) is 0.350. The van der Waals surface area contributed by atoms with Crippen molar-refractivity contribution < 1.29 is 13.2 Å². The van der Waals surface area contributed by atoms with E-state index in [1.807, 2.05) is 44.2 Å². The van der Waals surface area contributed by atoms with Crippen molar-refractivity contribution in [1.29, 1.82) is 5.26 Å². The van der Waals surface area contributed by atoms with Crippen molar-refractivity contribution in [3.05, 3.63) is 59.7 Å². The third kappa shape index (κ3) is 5.30. The second kappa shape index (κ2) is 9.51. The average molecular weight is 388 g/mol. The topological polar surface area (TPSA) is 82.4 Å². The van der Waals surface area contributed by atoms with Crippen LogP contribution in [0.3, 0.4) is 0 Å². The molecule has 144 valence electrons. The zero-order chi connectivity index (χ0) is 19.9. The summed E-state index contributed by atoms with van der Waals surface area (Å²) in [6.07, 6.45) is 0. The van der Waals surface area contributed by atoms with Crippen LogP contribution >= 0.6 is 0 Å². The summed E-state index contributed by atoms with van der Waals surface area (Å²) < 4.78 is 33.4. The van der Waals surface area contributed by atoms with E-state index in [0.717, 1.165) is 24.4 Å². The molecule has 0 fully saturated rings. The van der Waals surface area contributed by atoms with E-state index in [4.69, 9.17) is 10.00 Å². The third-order valence-corrected chi connectivity index (χ3v) is 5.89. The zero-order valence-electron chi connectivity index (χ0n) is 15.8. The van der Waals surface area contributed by atoms with Crippen LogP contribution in [0.25, 0.3) is 0 Å². The van der Waals surface area contributed by atoms with E-state index in [0.29, 0.717) is 5.56 Å². The summed E-state index contributed by atoms with van der Waals surface area (Å²) in [5, 5.41) is 9.00. The number of hydrogen-bond acceptors (Lipinski definition) is 5. The molecule has 0 radical (unpaired) electrons. The maximum atomic E-state index is 12.7. The minimum absolute atomic E-state index is 0.0884. The quantitative estimate of drug-likeness (QED) is 0.715. The first kappa shape index (κ1) is 20.9. The summed E-state index contributed by atoms with van der Waals surface area (Å²) in [5.41, 5.74) is 1.29. The van der Waals surface area contributed by atoms with Crippen molar-refractivity contribution in [2.45, 2.75) is 24.8 Å². The Labute approximate surface area is 161 Å². The maximum absolute atomic E-state index is 12.7. The Hall–Kier alpha value is -2.40. The number of nitriles is 1. The van der Waals surface area contributed by atoms with Gasteiger partial charge in [-0.1, -0.05) is 32.0 Å². The zero-order valence-corrected chi connectivity index (χ0v) is 16.7. The first-order valence-corrected chi connectivity index (χ1v) is 10.3. The molecular formula is C20H25N3O3S. The third-order valence-electron chi connectivity index (χ3n) is 4.47. The van der Waals surface area contributed by atoms with Gasteiger partial charge in [0.15, 0.2) is 0 Å². The largest absolute Gasteiger partial charge is 0.497 e. The summed E-state index contributed by atoms with van der Waals surface area (Å²) >= 11 is 0. The Morgan fingerprint density at radius 2 is 1.85 bits per heavy atom. The molecule has 0 amide bonds. The van der Waals surface area contributed by atoms with E-state index in [-0.39, 0.29) is 17.5 Å². The number of rotatable bonds is 9. The van der Waals surface area contributed by atoms with Crippen LogP contribution in [-0.4, -0.2) is 40.1 Å². The summed E-state index contributed by atoms with van der Waals surface area (Å²) in [5.74, 6) is 0.731. The van der Waals surface area contributed by atoms with Crippen LogP contribution < -0.4 is 9.46 Å².